The molecule has 2 heterocycles. The summed E-state index contributed by atoms with van der Waals surface area (Å²) >= 11 is 0. The molecule has 4 rings (SSSR count). The van der Waals surface area contributed by atoms with Gasteiger partial charge in [-0.15, -0.1) is 0 Å². The Balaban J connectivity index is 1.47. The number of hydrogen-bond acceptors (Lipinski definition) is 5. The van der Waals surface area contributed by atoms with Crippen LogP contribution in [0.5, 0.6) is 0 Å². The molecular formula is C24H16F3NO5S. The van der Waals surface area contributed by atoms with E-state index in [-0.39, 0.29) is 22.0 Å². The minimum atomic E-state index is -4.49. The molecule has 4 aromatic rings. The number of allylic oxidation sites excluding steroid dienone is 1. The van der Waals surface area contributed by atoms with Crippen LogP contribution in [0.15, 0.2) is 92.6 Å². The van der Waals surface area contributed by atoms with E-state index in [9.17, 15) is 26.4 Å². The van der Waals surface area contributed by atoms with Crippen molar-refractivity contribution in [2.75, 3.05) is 0 Å². The standard InChI is InChI=1S/C24H16F3NO5S/c25-24(26,27)17-3-1-2-16(14-17)22-12-13-23(33-22)20(29)10-6-18-7-11-21(32-18)15-4-8-19(9-5-15)34(28,30)31/h1-14H,(H2,28,30,31)/b10-6+. The maximum atomic E-state index is 12.9. The lowest BCUT2D eigenvalue weighted by Crippen LogP contribution is -2.11. The molecule has 34 heavy (non-hydrogen) atoms. The predicted octanol–water partition coefficient (Wildman–Crippen LogP) is 5.77. The van der Waals surface area contributed by atoms with Gasteiger partial charge in [-0.2, -0.15) is 13.2 Å². The number of ketones is 1. The summed E-state index contributed by atoms with van der Waals surface area (Å²) in [6, 6.07) is 16.5. The van der Waals surface area contributed by atoms with E-state index >= 15 is 0 Å². The van der Waals surface area contributed by atoms with E-state index < -0.39 is 27.5 Å². The zero-order valence-electron chi connectivity index (χ0n) is 17.2. The number of alkyl halides is 3. The largest absolute Gasteiger partial charge is 0.457 e. The lowest BCUT2D eigenvalue weighted by molar-refractivity contribution is -0.137. The number of primary sulfonamides is 1. The van der Waals surface area contributed by atoms with Crippen molar-refractivity contribution in [2.24, 2.45) is 5.14 Å². The van der Waals surface area contributed by atoms with Crippen LogP contribution in [0.25, 0.3) is 28.7 Å². The van der Waals surface area contributed by atoms with Crippen LogP contribution in [0.4, 0.5) is 13.2 Å². The van der Waals surface area contributed by atoms with Gasteiger partial charge in [-0.05, 0) is 72.8 Å². The molecule has 0 bridgehead atoms. The molecule has 174 valence electrons. The van der Waals surface area contributed by atoms with Gasteiger partial charge in [0.05, 0.1) is 10.5 Å². The topological polar surface area (TPSA) is 104 Å². The number of benzene rings is 2. The van der Waals surface area contributed by atoms with Crippen LogP contribution in [0, 0.1) is 0 Å². The summed E-state index contributed by atoms with van der Waals surface area (Å²) in [5.74, 6) is 0.371. The normalized spacial score (nSPS) is 12.4. The third-order valence-corrected chi connectivity index (χ3v) is 5.75. The fourth-order valence-corrected chi connectivity index (χ4v) is 3.64. The average molecular weight is 487 g/mol. The molecule has 0 aliphatic rings. The summed E-state index contributed by atoms with van der Waals surface area (Å²) in [4.78, 5) is 12.4. The van der Waals surface area contributed by atoms with Gasteiger partial charge in [0.25, 0.3) is 0 Å². The van der Waals surface area contributed by atoms with Crippen molar-refractivity contribution in [2.45, 2.75) is 11.1 Å². The summed E-state index contributed by atoms with van der Waals surface area (Å²) in [6.07, 6.45) is -1.87. The monoisotopic (exact) mass is 487 g/mol. The van der Waals surface area contributed by atoms with E-state index in [0.717, 1.165) is 12.1 Å². The van der Waals surface area contributed by atoms with E-state index in [4.69, 9.17) is 14.0 Å². The highest BCUT2D eigenvalue weighted by molar-refractivity contribution is 7.89. The van der Waals surface area contributed by atoms with Gasteiger partial charge in [0.1, 0.15) is 17.3 Å². The smallest absolute Gasteiger partial charge is 0.416 e. The molecule has 0 saturated carbocycles. The maximum absolute atomic E-state index is 12.9. The molecule has 0 saturated heterocycles. The number of carbonyl (C=O) groups is 1. The van der Waals surface area contributed by atoms with Gasteiger partial charge in [-0.1, -0.05) is 12.1 Å². The molecule has 2 N–H and O–H groups in total. The first-order valence-electron chi connectivity index (χ1n) is 9.74. The second kappa shape index (κ2) is 8.81. The van der Waals surface area contributed by atoms with Gasteiger partial charge < -0.3 is 8.83 Å². The summed E-state index contributed by atoms with van der Waals surface area (Å²) in [7, 11) is -3.80. The SMILES string of the molecule is NS(=O)(=O)c1ccc(-c2ccc(/C=C/C(=O)c3ccc(-c4cccc(C(F)(F)F)c4)o3)o2)cc1. The minimum Gasteiger partial charge on any atom is -0.457 e. The van der Waals surface area contributed by atoms with Crippen molar-refractivity contribution in [3.05, 3.63) is 96.0 Å². The number of nitrogens with two attached hydrogens (primary N) is 1. The molecule has 0 fully saturated rings. The maximum Gasteiger partial charge on any atom is 0.416 e. The van der Waals surface area contributed by atoms with E-state index in [0.29, 0.717) is 17.1 Å². The van der Waals surface area contributed by atoms with Crippen molar-refractivity contribution < 1.29 is 35.2 Å². The van der Waals surface area contributed by atoms with Gasteiger partial charge in [0.2, 0.25) is 15.8 Å². The molecule has 0 spiro atoms. The van der Waals surface area contributed by atoms with Crippen LogP contribution in [0.2, 0.25) is 0 Å². The first kappa shape index (κ1) is 23.3. The molecule has 2 aromatic heterocycles. The molecule has 0 aliphatic carbocycles. The van der Waals surface area contributed by atoms with Gasteiger partial charge in [0.15, 0.2) is 5.76 Å². The Morgan fingerprint density at radius 1 is 0.853 bits per heavy atom. The van der Waals surface area contributed by atoms with E-state index in [2.05, 4.69) is 0 Å². The molecule has 0 radical (unpaired) electrons. The van der Waals surface area contributed by atoms with Crippen molar-refractivity contribution in [3.8, 4) is 22.6 Å². The summed E-state index contributed by atoms with van der Waals surface area (Å²) in [5.41, 5.74) is -0.0146. The Kier molecular flexibility index (Phi) is 6.03. The molecule has 0 atom stereocenters. The highest BCUT2D eigenvalue weighted by atomic mass is 32.2. The average Bonchev–Trinajstić information content (AvgIpc) is 3.47. The van der Waals surface area contributed by atoms with Crippen molar-refractivity contribution in [1.82, 2.24) is 0 Å². The molecule has 6 nitrogen and oxygen atoms in total. The number of hydrogen-bond donors (Lipinski definition) is 1. The lowest BCUT2D eigenvalue weighted by Gasteiger charge is -2.07. The van der Waals surface area contributed by atoms with Gasteiger partial charge in [-0.25, -0.2) is 13.6 Å². The zero-order chi connectivity index (χ0) is 24.5. The second-order valence-corrected chi connectivity index (χ2v) is 8.77. The van der Waals surface area contributed by atoms with Crippen LogP contribution in [-0.2, 0) is 16.2 Å². The van der Waals surface area contributed by atoms with Crippen LogP contribution in [0.1, 0.15) is 21.9 Å². The van der Waals surface area contributed by atoms with Crippen LogP contribution >= 0.6 is 0 Å². The van der Waals surface area contributed by atoms with E-state index in [1.54, 1.807) is 12.1 Å². The van der Waals surface area contributed by atoms with Crippen LogP contribution in [0.3, 0.4) is 0 Å². The Morgan fingerprint density at radius 3 is 2.21 bits per heavy atom. The predicted molar refractivity (Wildman–Crippen MR) is 118 cm³/mol. The van der Waals surface area contributed by atoms with Crippen LogP contribution in [-0.4, -0.2) is 14.2 Å². The van der Waals surface area contributed by atoms with Crippen LogP contribution < -0.4 is 5.14 Å². The fraction of sp³-hybridized carbons (Fsp3) is 0.0417. The second-order valence-electron chi connectivity index (χ2n) is 7.21. The number of halogens is 3. The number of furan rings is 2. The number of sulfonamides is 1. The van der Waals surface area contributed by atoms with Gasteiger partial charge >= 0.3 is 6.18 Å². The highest BCUT2D eigenvalue weighted by Crippen LogP contribution is 2.33. The summed E-state index contributed by atoms with van der Waals surface area (Å²) in [5, 5.41) is 5.08. The molecule has 0 aliphatic heterocycles. The highest BCUT2D eigenvalue weighted by Gasteiger charge is 2.30. The Morgan fingerprint density at radius 2 is 1.53 bits per heavy atom. The van der Waals surface area contributed by atoms with Gasteiger partial charge in [0, 0.05) is 11.1 Å². The summed E-state index contributed by atoms with van der Waals surface area (Å²) in [6.45, 7) is 0. The Labute approximate surface area is 192 Å². The molecule has 0 amide bonds. The fourth-order valence-electron chi connectivity index (χ4n) is 3.12. The first-order chi connectivity index (χ1) is 16.0. The van der Waals surface area contributed by atoms with E-state index in [1.807, 2.05) is 0 Å². The quantitative estimate of drug-likeness (QED) is 0.275. The van der Waals surface area contributed by atoms with Crippen molar-refractivity contribution in [3.63, 3.8) is 0 Å². The first-order valence-corrected chi connectivity index (χ1v) is 11.3. The lowest BCUT2D eigenvalue weighted by atomic mass is 10.1. The number of carbonyl (C=O) groups excluding carboxylic acids is 1. The number of rotatable bonds is 6. The zero-order valence-corrected chi connectivity index (χ0v) is 18.1. The molecule has 10 heteroatoms. The molecule has 0 unspecified atom stereocenters. The van der Waals surface area contributed by atoms with E-state index in [1.165, 1.54) is 60.7 Å². The summed E-state index contributed by atoms with van der Waals surface area (Å²) < 4.78 is 72.5. The van der Waals surface area contributed by atoms with Crippen molar-refractivity contribution >= 4 is 21.9 Å². The molecule has 2 aromatic carbocycles. The Hall–Kier alpha value is -3.89. The third kappa shape index (κ3) is 5.19. The Bertz CT molecular complexity index is 1480. The third-order valence-electron chi connectivity index (χ3n) is 4.82. The van der Waals surface area contributed by atoms with Crippen molar-refractivity contribution in [1.29, 1.82) is 0 Å². The minimum absolute atomic E-state index is 0.0310. The molecular weight excluding hydrogens is 471 g/mol. The van der Waals surface area contributed by atoms with Gasteiger partial charge in [-0.3, -0.25) is 4.79 Å².